The number of rotatable bonds is 4. The second-order valence-corrected chi connectivity index (χ2v) is 5.86. The van der Waals surface area contributed by atoms with E-state index >= 15 is 0 Å². The average Bonchev–Trinajstić information content (AvgIpc) is 3.09. The van der Waals surface area contributed by atoms with Crippen LogP contribution >= 0.6 is 0 Å². The van der Waals surface area contributed by atoms with Crippen LogP contribution in [-0.4, -0.2) is 14.8 Å². The van der Waals surface area contributed by atoms with E-state index in [1.807, 2.05) is 36.5 Å². The molecule has 24 heavy (non-hydrogen) atoms. The molecule has 0 aliphatic heterocycles. The molecule has 1 N–H and O–H groups in total. The second kappa shape index (κ2) is 6.16. The quantitative estimate of drug-likeness (QED) is 0.625. The van der Waals surface area contributed by atoms with Crippen LogP contribution in [0.25, 0.3) is 22.0 Å². The molecule has 2 aromatic heterocycles. The number of aromatic amines is 1. The minimum atomic E-state index is 0.0253. The summed E-state index contributed by atoms with van der Waals surface area (Å²) >= 11 is 0. The van der Waals surface area contributed by atoms with Crippen LogP contribution < -0.4 is 5.56 Å². The summed E-state index contributed by atoms with van der Waals surface area (Å²) in [6, 6.07) is 19.9. The van der Waals surface area contributed by atoms with E-state index in [0.717, 1.165) is 28.5 Å². The van der Waals surface area contributed by atoms with Crippen molar-refractivity contribution < 1.29 is 0 Å². The van der Waals surface area contributed by atoms with E-state index in [0.29, 0.717) is 6.54 Å². The highest BCUT2D eigenvalue weighted by Crippen LogP contribution is 2.22. The first-order valence-corrected chi connectivity index (χ1v) is 7.97. The molecular formula is C20H17N3O. The van der Waals surface area contributed by atoms with E-state index in [1.165, 1.54) is 5.56 Å². The smallest absolute Gasteiger partial charge is 0.250 e. The third-order valence-electron chi connectivity index (χ3n) is 4.24. The summed E-state index contributed by atoms with van der Waals surface area (Å²) in [7, 11) is 0. The Morgan fingerprint density at radius 3 is 2.67 bits per heavy atom. The summed E-state index contributed by atoms with van der Waals surface area (Å²) < 4.78 is 1.78. The van der Waals surface area contributed by atoms with Gasteiger partial charge in [-0.25, -0.2) is 0 Å². The molecule has 0 amide bonds. The number of nitrogens with zero attached hydrogens (tertiary/aromatic N) is 2. The Bertz CT molecular complexity index is 1030. The zero-order valence-electron chi connectivity index (χ0n) is 13.1. The monoisotopic (exact) mass is 315 g/mol. The van der Waals surface area contributed by atoms with Gasteiger partial charge >= 0.3 is 0 Å². The van der Waals surface area contributed by atoms with Gasteiger partial charge in [0.15, 0.2) is 0 Å². The molecule has 0 bridgehead atoms. The molecule has 0 fully saturated rings. The van der Waals surface area contributed by atoms with Gasteiger partial charge < -0.3 is 4.57 Å². The standard InChI is InChI=1S/C20H17N3O/c24-20-9-8-18(16-6-7-17-13-21-22-19(17)12-16)14-23(20)11-10-15-4-2-1-3-5-15/h1-9,12-14H,10-11H2,(H,21,22). The molecule has 0 radical (unpaired) electrons. The number of benzene rings is 2. The summed E-state index contributed by atoms with van der Waals surface area (Å²) in [6.07, 6.45) is 4.58. The lowest BCUT2D eigenvalue weighted by molar-refractivity contribution is 0.670. The molecule has 0 aliphatic rings. The van der Waals surface area contributed by atoms with Gasteiger partial charge in [0.25, 0.3) is 5.56 Å². The third kappa shape index (κ3) is 2.86. The lowest BCUT2D eigenvalue weighted by Crippen LogP contribution is -2.19. The SMILES string of the molecule is O=c1ccc(-c2ccc3cn[nH]c3c2)cn1CCc1ccccc1. The lowest BCUT2D eigenvalue weighted by Gasteiger charge is -2.09. The predicted molar refractivity (Wildman–Crippen MR) is 95.9 cm³/mol. The van der Waals surface area contributed by atoms with Crippen LogP contribution in [0.5, 0.6) is 0 Å². The van der Waals surface area contributed by atoms with Gasteiger partial charge in [0.1, 0.15) is 0 Å². The van der Waals surface area contributed by atoms with Gasteiger partial charge in [-0.05, 0) is 35.2 Å². The van der Waals surface area contributed by atoms with Crippen molar-refractivity contribution in [2.24, 2.45) is 0 Å². The Hall–Kier alpha value is -3.14. The summed E-state index contributed by atoms with van der Waals surface area (Å²) in [5.74, 6) is 0. The molecule has 4 nitrogen and oxygen atoms in total. The van der Waals surface area contributed by atoms with Crippen molar-refractivity contribution >= 4 is 10.9 Å². The first kappa shape index (κ1) is 14.5. The van der Waals surface area contributed by atoms with Crippen molar-refractivity contribution in [3.05, 3.63) is 89.0 Å². The zero-order chi connectivity index (χ0) is 16.4. The zero-order valence-corrected chi connectivity index (χ0v) is 13.1. The van der Waals surface area contributed by atoms with Gasteiger partial charge in [0.2, 0.25) is 0 Å². The molecule has 0 saturated heterocycles. The maximum atomic E-state index is 12.1. The fourth-order valence-corrected chi connectivity index (χ4v) is 2.89. The Balaban J connectivity index is 1.64. The van der Waals surface area contributed by atoms with E-state index in [1.54, 1.807) is 16.8 Å². The van der Waals surface area contributed by atoms with Crippen LogP contribution in [0.2, 0.25) is 0 Å². The van der Waals surface area contributed by atoms with E-state index in [4.69, 9.17) is 0 Å². The minimum Gasteiger partial charge on any atom is -0.315 e. The Morgan fingerprint density at radius 1 is 0.958 bits per heavy atom. The number of hydrogen-bond acceptors (Lipinski definition) is 2. The van der Waals surface area contributed by atoms with Crippen molar-refractivity contribution in [3.8, 4) is 11.1 Å². The number of nitrogens with one attached hydrogen (secondary N) is 1. The number of H-pyrrole nitrogens is 1. The molecule has 4 aromatic rings. The van der Waals surface area contributed by atoms with Crippen LogP contribution in [0.3, 0.4) is 0 Å². The predicted octanol–water partition coefficient (Wildman–Crippen LogP) is 3.63. The van der Waals surface area contributed by atoms with Crippen LogP contribution in [0.15, 0.2) is 77.9 Å². The summed E-state index contributed by atoms with van der Waals surface area (Å²) in [5, 5.41) is 8.11. The topological polar surface area (TPSA) is 50.7 Å². The number of aromatic nitrogens is 3. The largest absolute Gasteiger partial charge is 0.315 e. The second-order valence-electron chi connectivity index (χ2n) is 5.86. The molecule has 4 rings (SSSR count). The fourth-order valence-electron chi connectivity index (χ4n) is 2.89. The first-order chi connectivity index (χ1) is 11.8. The van der Waals surface area contributed by atoms with Crippen molar-refractivity contribution in [2.45, 2.75) is 13.0 Å². The number of hydrogen-bond donors (Lipinski definition) is 1. The molecule has 0 unspecified atom stereocenters. The molecule has 0 saturated carbocycles. The molecule has 0 spiro atoms. The number of pyridine rings is 1. The van der Waals surface area contributed by atoms with Crippen LogP contribution in [0, 0.1) is 0 Å². The molecular weight excluding hydrogens is 298 g/mol. The molecule has 0 aliphatic carbocycles. The molecule has 2 heterocycles. The summed E-state index contributed by atoms with van der Waals surface area (Å²) in [4.78, 5) is 12.1. The van der Waals surface area contributed by atoms with Crippen molar-refractivity contribution in [1.29, 1.82) is 0 Å². The maximum Gasteiger partial charge on any atom is 0.250 e. The highest BCUT2D eigenvalue weighted by atomic mass is 16.1. The van der Waals surface area contributed by atoms with E-state index < -0.39 is 0 Å². The molecule has 4 heteroatoms. The molecule has 2 aromatic carbocycles. The highest BCUT2D eigenvalue weighted by Gasteiger charge is 2.04. The van der Waals surface area contributed by atoms with Gasteiger partial charge in [0.05, 0.1) is 11.7 Å². The van der Waals surface area contributed by atoms with Crippen molar-refractivity contribution in [2.75, 3.05) is 0 Å². The van der Waals surface area contributed by atoms with Gasteiger partial charge in [-0.3, -0.25) is 9.89 Å². The molecule has 118 valence electrons. The highest BCUT2D eigenvalue weighted by molar-refractivity contribution is 5.83. The van der Waals surface area contributed by atoms with Crippen LogP contribution in [0.1, 0.15) is 5.56 Å². The Labute approximate surface area is 139 Å². The van der Waals surface area contributed by atoms with Gasteiger partial charge in [0, 0.05) is 24.2 Å². The number of fused-ring (bicyclic) bond motifs is 1. The first-order valence-electron chi connectivity index (χ1n) is 7.97. The Morgan fingerprint density at radius 2 is 1.79 bits per heavy atom. The van der Waals surface area contributed by atoms with E-state index in [9.17, 15) is 4.79 Å². The van der Waals surface area contributed by atoms with E-state index in [2.05, 4.69) is 34.5 Å². The number of aryl methyl sites for hydroxylation is 2. The third-order valence-corrected chi connectivity index (χ3v) is 4.24. The fraction of sp³-hybridized carbons (Fsp3) is 0.100. The van der Waals surface area contributed by atoms with Crippen molar-refractivity contribution in [1.82, 2.24) is 14.8 Å². The lowest BCUT2D eigenvalue weighted by atomic mass is 10.1. The summed E-state index contributed by atoms with van der Waals surface area (Å²) in [5.41, 5.74) is 4.35. The van der Waals surface area contributed by atoms with Gasteiger partial charge in [-0.1, -0.05) is 42.5 Å². The maximum absolute atomic E-state index is 12.1. The van der Waals surface area contributed by atoms with Crippen molar-refractivity contribution in [3.63, 3.8) is 0 Å². The van der Waals surface area contributed by atoms with Gasteiger partial charge in [-0.15, -0.1) is 0 Å². The minimum absolute atomic E-state index is 0.0253. The Kier molecular flexibility index (Phi) is 3.71. The van der Waals surface area contributed by atoms with Crippen LogP contribution in [0.4, 0.5) is 0 Å². The molecule has 0 atom stereocenters. The van der Waals surface area contributed by atoms with E-state index in [-0.39, 0.29) is 5.56 Å². The van der Waals surface area contributed by atoms with Crippen LogP contribution in [-0.2, 0) is 13.0 Å². The average molecular weight is 315 g/mol. The summed E-state index contributed by atoms with van der Waals surface area (Å²) in [6.45, 7) is 0.670. The van der Waals surface area contributed by atoms with Gasteiger partial charge in [-0.2, -0.15) is 5.10 Å². The normalized spacial score (nSPS) is 11.0.